The van der Waals surface area contributed by atoms with Gasteiger partial charge >= 0.3 is 0 Å². The van der Waals surface area contributed by atoms with Crippen LogP contribution in [0.5, 0.6) is 5.75 Å². The summed E-state index contributed by atoms with van der Waals surface area (Å²) in [7, 11) is 1.64. The summed E-state index contributed by atoms with van der Waals surface area (Å²) in [6, 6.07) is 11.6. The zero-order valence-electron chi connectivity index (χ0n) is 14.6. The van der Waals surface area contributed by atoms with Gasteiger partial charge in [0.15, 0.2) is 5.65 Å². The smallest absolute Gasteiger partial charge is 0.177 e. The van der Waals surface area contributed by atoms with Crippen molar-refractivity contribution >= 4 is 11.2 Å². The third kappa shape index (κ3) is 3.68. The van der Waals surface area contributed by atoms with Crippen molar-refractivity contribution in [2.75, 3.05) is 20.2 Å². The Morgan fingerprint density at radius 3 is 2.85 bits per heavy atom. The van der Waals surface area contributed by atoms with Crippen LogP contribution in [0.2, 0.25) is 0 Å². The highest BCUT2D eigenvalue weighted by molar-refractivity contribution is 5.69. The first-order valence-corrected chi connectivity index (χ1v) is 8.62. The number of methoxy groups -OCH3 is 1. The van der Waals surface area contributed by atoms with Crippen LogP contribution in [0.1, 0.15) is 11.4 Å². The Morgan fingerprint density at radius 1 is 1.23 bits per heavy atom. The maximum absolute atomic E-state index is 14.3. The lowest BCUT2D eigenvalue weighted by molar-refractivity contribution is 0.00863. The molecule has 0 bridgehead atoms. The number of H-pyrrole nitrogens is 1. The Kier molecular flexibility index (Phi) is 4.81. The first kappa shape index (κ1) is 16.9. The quantitative estimate of drug-likeness (QED) is 0.736. The maximum atomic E-state index is 14.3. The van der Waals surface area contributed by atoms with Gasteiger partial charge in [-0.05, 0) is 29.8 Å². The number of benzene rings is 1. The number of aromatic amines is 1. The fourth-order valence-corrected chi connectivity index (χ4v) is 3.23. The second-order valence-corrected chi connectivity index (χ2v) is 6.47. The lowest BCUT2D eigenvalue weighted by Crippen LogP contribution is -2.24. The molecule has 1 aliphatic heterocycles. The Bertz CT molecular complexity index is 834. The predicted molar refractivity (Wildman–Crippen MR) is 95.6 cm³/mol. The van der Waals surface area contributed by atoms with E-state index in [1.165, 1.54) is 0 Å². The molecule has 0 saturated carbocycles. The SMILES string of the molecule is COc1ccc(CN2CC(F)C(OCc3nc4ncccc4[nH]3)C2)cc1. The van der Waals surface area contributed by atoms with E-state index in [4.69, 9.17) is 9.47 Å². The number of alkyl halides is 1. The zero-order chi connectivity index (χ0) is 17.9. The van der Waals surface area contributed by atoms with Crippen molar-refractivity contribution in [3.8, 4) is 5.75 Å². The van der Waals surface area contributed by atoms with Crippen LogP contribution in [0.15, 0.2) is 42.6 Å². The summed E-state index contributed by atoms with van der Waals surface area (Å²) < 4.78 is 25.3. The van der Waals surface area contributed by atoms with Gasteiger partial charge in [-0.15, -0.1) is 0 Å². The normalized spacial score (nSPS) is 20.7. The third-order valence-corrected chi connectivity index (χ3v) is 4.58. The fourth-order valence-electron chi connectivity index (χ4n) is 3.23. The summed E-state index contributed by atoms with van der Waals surface area (Å²) in [5, 5.41) is 0. The Hall–Kier alpha value is -2.51. The second kappa shape index (κ2) is 7.39. The van der Waals surface area contributed by atoms with Crippen LogP contribution in [-0.2, 0) is 17.9 Å². The zero-order valence-corrected chi connectivity index (χ0v) is 14.6. The van der Waals surface area contributed by atoms with Crippen molar-refractivity contribution in [3.05, 3.63) is 54.0 Å². The minimum atomic E-state index is -1.00. The fraction of sp³-hybridized carbons (Fsp3) is 0.368. The molecular formula is C19H21FN4O2. The van der Waals surface area contributed by atoms with E-state index >= 15 is 0 Å². The van der Waals surface area contributed by atoms with E-state index in [1.54, 1.807) is 13.3 Å². The van der Waals surface area contributed by atoms with Gasteiger partial charge in [-0.2, -0.15) is 0 Å². The average molecular weight is 356 g/mol. The molecule has 3 heterocycles. The first-order valence-electron chi connectivity index (χ1n) is 8.62. The Balaban J connectivity index is 1.33. The van der Waals surface area contributed by atoms with Gasteiger partial charge in [0.1, 0.15) is 30.5 Å². The maximum Gasteiger partial charge on any atom is 0.177 e. The number of pyridine rings is 1. The van der Waals surface area contributed by atoms with Gasteiger partial charge in [0.05, 0.1) is 12.6 Å². The molecule has 2 aromatic heterocycles. The van der Waals surface area contributed by atoms with Gasteiger partial charge in [0.2, 0.25) is 0 Å². The number of aromatic nitrogens is 3. The molecule has 4 rings (SSSR count). The molecular weight excluding hydrogens is 335 g/mol. The number of fused-ring (bicyclic) bond motifs is 1. The van der Waals surface area contributed by atoms with Crippen LogP contribution in [0.25, 0.3) is 11.2 Å². The summed E-state index contributed by atoms with van der Waals surface area (Å²) in [5.41, 5.74) is 2.63. The first-order chi connectivity index (χ1) is 12.7. The molecule has 0 aliphatic carbocycles. The van der Waals surface area contributed by atoms with Crippen molar-refractivity contribution in [3.63, 3.8) is 0 Å². The van der Waals surface area contributed by atoms with E-state index in [0.717, 1.165) is 16.8 Å². The average Bonchev–Trinajstić information content (AvgIpc) is 3.23. The number of ether oxygens (including phenoxy) is 2. The summed E-state index contributed by atoms with van der Waals surface area (Å²) in [6.07, 6.45) is 0.240. The summed E-state index contributed by atoms with van der Waals surface area (Å²) in [4.78, 5) is 13.8. The molecule has 1 fully saturated rings. The number of imidazole rings is 1. The Labute approximate surface area is 151 Å². The molecule has 0 spiro atoms. The molecule has 136 valence electrons. The molecule has 3 aromatic rings. The number of rotatable bonds is 6. The van der Waals surface area contributed by atoms with E-state index < -0.39 is 12.3 Å². The van der Waals surface area contributed by atoms with Crippen LogP contribution in [0, 0.1) is 0 Å². The largest absolute Gasteiger partial charge is 0.497 e. The Morgan fingerprint density at radius 2 is 2.08 bits per heavy atom. The minimum Gasteiger partial charge on any atom is -0.497 e. The minimum absolute atomic E-state index is 0.248. The van der Waals surface area contributed by atoms with Gasteiger partial charge in [-0.3, -0.25) is 4.90 Å². The number of hydrogen-bond donors (Lipinski definition) is 1. The van der Waals surface area contributed by atoms with Crippen LogP contribution in [-0.4, -0.2) is 52.3 Å². The van der Waals surface area contributed by atoms with Gasteiger partial charge in [0, 0.05) is 25.8 Å². The van der Waals surface area contributed by atoms with Crippen molar-refractivity contribution < 1.29 is 13.9 Å². The topological polar surface area (TPSA) is 63.3 Å². The number of nitrogens with one attached hydrogen (secondary N) is 1. The summed E-state index contributed by atoms with van der Waals surface area (Å²) in [5.74, 6) is 1.49. The van der Waals surface area contributed by atoms with Crippen LogP contribution in [0.4, 0.5) is 4.39 Å². The van der Waals surface area contributed by atoms with Crippen molar-refractivity contribution in [2.24, 2.45) is 0 Å². The highest BCUT2D eigenvalue weighted by atomic mass is 19.1. The molecule has 1 aliphatic rings. The highest BCUT2D eigenvalue weighted by Gasteiger charge is 2.33. The molecule has 2 unspecified atom stereocenters. The van der Waals surface area contributed by atoms with Crippen LogP contribution in [0.3, 0.4) is 0 Å². The molecule has 2 atom stereocenters. The summed E-state index contributed by atoms with van der Waals surface area (Å²) in [6.45, 7) is 1.88. The van der Waals surface area contributed by atoms with E-state index in [1.807, 2.05) is 36.4 Å². The van der Waals surface area contributed by atoms with Crippen LogP contribution >= 0.6 is 0 Å². The number of halogens is 1. The highest BCUT2D eigenvalue weighted by Crippen LogP contribution is 2.21. The molecule has 7 heteroatoms. The predicted octanol–water partition coefficient (Wildman–Crippen LogP) is 2.71. The van der Waals surface area contributed by atoms with Crippen molar-refractivity contribution in [2.45, 2.75) is 25.4 Å². The second-order valence-electron chi connectivity index (χ2n) is 6.47. The van der Waals surface area contributed by atoms with Gasteiger partial charge in [-0.1, -0.05) is 12.1 Å². The van der Waals surface area contributed by atoms with Gasteiger partial charge < -0.3 is 14.5 Å². The molecule has 26 heavy (non-hydrogen) atoms. The molecule has 0 radical (unpaired) electrons. The van der Waals surface area contributed by atoms with E-state index in [2.05, 4.69) is 19.9 Å². The molecule has 1 aromatic carbocycles. The van der Waals surface area contributed by atoms with Gasteiger partial charge in [0.25, 0.3) is 0 Å². The summed E-state index contributed by atoms with van der Waals surface area (Å²) >= 11 is 0. The lowest BCUT2D eigenvalue weighted by atomic mass is 10.2. The van der Waals surface area contributed by atoms with Crippen molar-refractivity contribution in [1.29, 1.82) is 0 Å². The standard InChI is InChI=1S/C19H21FN4O2/c1-25-14-6-4-13(5-7-14)9-24-10-15(20)17(11-24)26-12-18-22-16-3-2-8-21-19(16)23-18/h2-8,15,17H,9-12H2,1H3,(H,21,22,23). The molecule has 1 N–H and O–H groups in total. The number of hydrogen-bond acceptors (Lipinski definition) is 5. The molecule has 6 nitrogen and oxygen atoms in total. The van der Waals surface area contributed by atoms with Gasteiger partial charge in [-0.25, -0.2) is 14.4 Å². The monoisotopic (exact) mass is 356 g/mol. The molecule has 1 saturated heterocycles. The van der Waals surface area contributed by atoms with E-state index in [9.17, 15) is 4.39 Å². The van der Waals surface area contributed by atoms with E-state index in [-0.39, 0.29) is 6.61 Å². The van der Waals surface area contributed by atoms with Crippen LogP contribution < -0.4 is 4.74 Å². The van der Waals surface area contributed by atoms with E-state index in [0.29, 0.717) is 31.1 Å². The van der Waals surface area contributed by atoms with Crippen molar-refractivity contribution in [1.82, 2.24) is 19.9 Å². The lowest BCUT2D eigenvalue weighted by Gasteiger charge is -2.15. The number of likely N-dealkylation sites (tertiary alicyclic amines) is 1. The molecule has 0 amide bonds. The third-order valence-electron chi connectivity index (χ3n) is 4.58. The number of nitrogens with zero attached hydrogens (tertiary/aromatic N) is 3.